The van der Waals surface area contributed by atoms with Gasteiger partial charge in [0.1, 0.15) is 6.04 Å². The maximum Gasteiger partial charge on any atom is 0.328 e. The second-order valence-corrected chi connectivity index (χ2v) is 5.55. The van der Waals surface area contributed by atoms with Crippen molar-refractivity contribution in [3.8, 4) is 0 Å². The van der Waals surface area contributed by atoms with E-state index in [1.165, 1.54) is 19.1 Å². The first-order valence-electron chi connectivity index (χ1n) is 7.64. The lowest BCUT2D eigenvalue weighted by molar-refractivity contribution is -0.149. The van der Waals surface area contributed by atoms with E-state index >= 15 is 0 Å². The van der Waals surface area contributed by atoms with Gasteiger partial charge in [0.05, 0.1) is 0 Å². The summed E-state index contributed by atoms with van der Waals surface area (Å²) in [7, 11) is 0. The van der Waals surface area contributed by atoms with Crippen molar-refractivity contribution < 1.29 is 23.9 Å². The average molecular weight is 370 g/mol. The Balaban J connectivity index is 2.38. The van der Waals surface area contributed by atoms with Crippen LogP contribution in [0.2, 0.25) is 5.02 Å². The van der Waals surface area contributed by atoms with E-state index in [2.05, 4.69) is 10.6 Å². The zero-order valence-corrected chi connectivity index (χ0v) is 14.7. The Bertz CT molecular complexity index is 633. The van der Waals surface area contributed by atoms with Gasteiger partial charge in [0.25, 0.3) is 11.8 Å². The Labute approximate surface area is 150 Å². The zero-order chi connectivity index (χ0) is 18.8. The highest BCUT2D eigenvalue weighted by atomic mass is 35.5. The second-order valence-electron chi connectivity index (χ2n) is 5.11. The summed E-state index contributed by atoms with van der Waals surface area (Å²) in [5.41, 5.74) is 0.328. The molecule has 3 N–H and O–H groups in total. The number of hydrogen-bond donors (Lipinski definition) is 3. The lowest BCUT2D eigenvalue weighted by Crippen LogP contribution is -2.43. The van der Waals surface area contributed by atoms with Gasteiger partial charge >= 0.3 is 12.0 Å². The SMILES string of the molecule is CCCNC(=O)NC(=O)COC(=O)[C@H](C)NC(=O)c1ccc(Cl)cc1. The fraction of sp³-hybridized carbons (Fsp3) is 0.375. The quantitative estimate of drug-likeness (QED) is 0.626. The van der Waals surface area contributed by atoms with Crippen LogP contribution in [0.5, 0.6) is 0 Å². The molecule has 0 radical (unpaired) electrons. The highest BCUT2D eigenvalue weighted by Crippen LogP contribution is 2.09. The van der Waals surface area contributed by atoms with Gasteiger partial charge < -0.3 is 15.4 Å². The summed E-state index contributed by atoms with van der Waals surface area (Å²) in [6.45, 7) is 3.08. The van der Waals surface area contributed by atoms with E-state index in [0.717, 1.165) is 6.42 Å². The van der Waals surface area contributed by atoms with E-state index in [1.807, 2.05) is 12.2 Å². The van der Waals surface area contributed by atoms with Crippen molar-refractivity contribution in [3.63, 3.8) is 0 Å². The van der Waals surface area contributed by atoms with E-state index in [1.54, 1.807) is 12.1 Å². The molecule has 0 aliphatic carbocycles. The maximum atomic E-state index is 12.0. The third kappa shape index (κ3) is 7.67. The fourth-order valence-corrected chi connectivity index (χ4v) is 1.77. The summed E-state index contributed by atoms with van der Waals surface area (Å²) >= 11 is 5.74. The number of carbonyl (C=O) groups is 4. The van der Waals surface area contributed by atoms with Crippen molar-refractivity contribution in [1.82, 2.24) is 16.0 Å². The lowest BCUT2D eigenvalue weighted by Gasteiger charge is -2.13. The summed E-state index contributed by atoms with van der Waals surface area (Å²) in [6.07, 6.45) is 0.724. The molecule has 0 aromatic heterocycles. The van der Waals surface area contributed by atoms with E-state index in [-0.39, 0.29) is 0 Å². The Morgan fingerprint density at radius 2 is 1.80 bits per heavy atom. The predicted molar refractivity (Wildman–Crippen MR) is 91.2 cm³/mol. The Morgan fingerprint density at radius 1 is 1.16 bits per heavy atom. The first-order chi connectivity index (χ1) is 11.8. The summed E-state index contributed by atoms with van der Waals surface area (Å²) in [4.78, 5) is 46.5. The number of amides is 4. The molecule has 0 saturated heterocycles. The molecule has 1 rings (SSSR count). The number of benzene rings is 1. The highest BCUT2D eigenvalue weighted by Gasteiger charge is 2.19. The van der Waals surface area contributed by atoms with Crippen LogP contribution >= 0.6 is 11.6 Å². The molecular weight excluding hydrogens is 350 g/mol. The van der Waals surface area contributed by atoms with Gasteiger partial charge in [-0.2, -0.15) is 0 Å². The van der Waals surface area contributed by atoms with Crippen LogP contribution in [0, 0.1) is 0 Å². The summed E-state index contributed by atoms with van der Waals surface area (Å²) in [5.74, 6) is -2.05. The molecule has 1 atom stereocenters. The van der Waals surface area contributed by atoms with Gasteiger partial charge in [-0.3, -0.25) is 14.9 Å². The van der Waals surface area contributed by atoms with Crippen molar-refractivity contribution >= 4 is 35.4 Å². The van der Waals surface area contributed by atoms with Gasteiger partial charge in [-0.05, 0) is 37.6 Å². The van der Waals surface area contributed by atoms with Crippen molar-refractivity contribution in [2.45, 2.75) is 26.3 Å². The molecule has 0 heterocycles. The smallest absolute Gasteiger partial charge is 0.328 e. The number of carbonyl (C=O) groups excluding carboxylic acids is 4. The molecule has 1 aromatic carbocycles. The van der Waals surface area contributed by atoms with Crippen LogP contribution in [-0.2, 0) is 14.3 Å². The fourth-order valence-electron chi connectivity index (χ4n) is 1.65. The average Bonchev–Trinajstić information content (AvgIpc) is 2.58. The molecule has 0 fully saturated rings. The second kappa shape index (κ2) is 10.3. The van der Waals surface area contributed by atoms with Crippen LogP contribution in [0.3, 0.4) is 0 Å². The summed E-state index contributed by atoms with van der Waals surface area (Å²) < 4.78 is 4.76. The Kier molecular flexibility index (Phi) is 8.42. The topological polar surface area (TPSA) is 114 Å². The van der Waals surface area contributed by atoms with Crippen molar-refractivity contribution in [1.29, 1.82) is 0 Å². The predicted octanol–water partition coefficient (Wildman–Crippen LogP) is 1.24. The molecular formula is C16H20ClN3O5. The van der Waals surface area contributed by atoms with Crippen molar-refractivity contribution in [3.05, 3.63) is 34.9 Å². The first-order valence-corrected chi connectivity index (χ1v) is 8.02. The molecule has 4 amide bonds. The minimum atomic E-state index is -0.968. The van der Waals surface area contributed by atoms with E-state index in [4.69, 9.17) is 16.3 Å². The zero-order valence-electron chi connectivity index (χ0n) is 13.9. The van der Waals surface area contributed by atoms with Gasteiger partial charge in [0, 0.05) is 17.1 Å². The lowest BCUT2D eigenvalue weighted by atomic mass is 10.2. The Morgan fingerprint density at radius 3 is 2.40 bits per heavy atom. The van der Waals surface area contributed by atoms with Crippen LogP contribution in [0.15, 0.2) is 24.3 Å². The van der Waals surface area contributed by atoms with Gasteiger partial charge in [-0.15, -0.1) is 0 Å². The van der Waals surface area contributed by atoms with Gasteiger partial charge in [-0.1, -0.05) is 18.5 Å². The van der Waals surface area contributed by atoms with Crippen LogP contribution in [-0.4, -0.2) is 43.0 Å². The standard InChI is InChI=1S/C16H20ClN3O5/c1-3-8-18-16(24)20-13(21)9-25-15(23)10(2)19-14(22)11-4-6-12(17)7-5-11/h4-7,10H,3,8-9H2,1-2H3,(H,19,22)(H2,18,20,21,24)/t10-/m0/s1. The molecule has 0 bridgehead atoms. The van der Waals surface area contributed by atoms with E-state index in [0.29, 0.717) is 17.1 Å². The number of nitrogens with one attached hydrogen (secondary N) is 3. The molecule has 136 valence electrons. The largest absolute Gasteiger partial charge is 0.454 e. The summed E-state index contributed by atoms with van der Waals surface area (Å²) in [5, 5.41) is 7.38. The molecule has 0 saturated carbocycles. The third-order valence-corrected chi connectivity index (χ3v) is 3.19. The normalized spacial score (nSPS) is 11.2. The number of imide groups is 1. The molecule has 1 aromatic rings. The number of halogens is 1. The van der Waals surface area contributed by atoms with Crippen LogP contribution < -0.4 is 16.0 Å². The molecule has 9 heteroatoms. The highest BCUT2D eigenvalue weighted by molar-refractivity contribution is 6.30. The summed E-state index contributed by atoms with van der Waals surface area (Å²) in [6, 6.07) is 4.49. The van der Waals surface area contributed by atoms with Crippen molar-refractivity contribution in [2.24, 2.45) is 0 Å². The molecule has 0 spiro atoms. The molecule has 0 aliphatic rings. The van der Waals surface area contributed by atoms with Crippen LogP contribution in [0.4, 0.5) is 4.79 Å². The maximum absolute atomic E-state index is 12.0. The molecule has 0 unspecified atom stereocenters. The number of rotatable bonds is 7. The number of urea groups is 1. The number of esters is 1. The molecule has 0 aliphatic heterocycles. The third-order valence-electron chi connectivity index (χ3n) is 2.94. The molecule has 25 heavy (non-hydrogen) atoms. The molecule has 8 nitrogen and oxygen atoms in total. The van der Waals surface area contributed by atoms with Gasteiger partial charge in [0.2, 0.25) is 0 Å². The van der Waals surface area contributed by atoms with Crippen molar-refractivity contribution in [2.75, 3.05) is 13.2 Å². The first kappa shape index (κ1) is 20.4. The van der Waals surface area contributed by atoms with Crippen LogP contribution in [0.25, 0.3) is 0 Å². The van der Waals surface area contributed by atoms with Crippen LogP contribution in [0.1, 0.15) is 30.6 Å². The monoisotopic (exact) mass is 369 g/mol. The number of ether oxygens (including phenoxy) is 1. The van der Waals surface area contributed by atoms with E-state index < -0.39 is 36.5 Å². The van der Waals surface area contributed by atoms with Gasteiger partial charge in [-0.25, -0.2) is 9.59 Å². The minimum Gasteiger partial charge on any atom is -0.454 e. The van der Waals surface area contributed by atoms with E-state index in [9.17, 15) is 19.2 Å². The Hall–Kier alpha value is -2.61. The minimum absolute atomic E-state index is 0.328. The van der Waals surface area contributed by atoms with Gasteiger partial charge in [0.15, 0.2) is 6.61 Å². The number of hydrogen-bond acceptors (Lipinski definition) is 5.